The SMILES string of the molecule is CNc1ccc2c(c1)N(C)C(=O)C(CCO)O2.CNc1ccc2c(c1)N(C)C(=O)NC2.CNc1ccc2c(c1)N(CCO)C(=O)CO2.CNc1ccc2c(c1)NC(=O)C(C)(CO)N2.CNc1ccc2c(c1)NC(=O)C(C)(CO)N2C.CNc1ccc2c(c1)NC(=O)N(Cc1ccccc1)C2. The van der Waals surface area contributed by atoms with Gasteiger partial charge in [-0.05, 0) is 128 Å². The number of carbonyl (C=O) groups excluding carboxylic acids is 6. The fraction of sp³-hybridized carbons (Fsp3) is 0.333. The molecule has 0 radical (unpaired) electrons. The number of likely N-dealkylation sites (N-methyl/N-ethyl adjacent to an activating group) is 2. The lowest BCUT2D eigenvalue weighted by molar-refractivity contribution is -0.126. The molecule has 0 bridgehead atoms. The van der Waals surface area contributed by atoms with Crippen molar-refractivity contribution < 1.29 is 58.7 Å². The number of anilines is 14. The molecule has 100 heavy (non-hydrogen) atoms. The molecule has 6 heterocycles. The lowest BCUT2D eigenvalue weighted by Crippen LogP contribution is -2.58. The number of aliphatic hydroxyl groups excluding tert-OH is 4. The zero-order valence-corrected chi connectivity index (χ0v) is 58.2. The van der Waals surface area contributed by atoms with Crippen molar-refractivity contribution in [3.63, 3.8) is 0 Å². The summed E-state index contributed by atoms with van der Waals surface area (Å²) in [5, 5.41) is 69.0. The summed E-state index contributed by atoms with van der Waals surface area (Å²) in [6, 6.07) is 44.5. The molecular formula is C72H92N16O12. The first-order chi connectivity index (χ1) is 48.0. The first kappa shape index (κ1) is 74.6. The van der Waals surface area contributed by atoms with Gasteiger partial charge in [-0.25, -0.2) is 9.59 Å². The molecule has 3 unspecified atom stereocenters. The highest BCUT2D eigenvalue weighted by Gasteiger charge is 2.42. The summed E-state index contributed by atoms with van der Waals surface area (Å²) in [6.45, 7) is 5.00. The molecule has 7 aromatic carbocycles. The van der Waals surface area contributed by atoms with Gasteiger partial charge in [0.05, 0.1) is 59.6 Å². The van der Waals surface area contributed by atoms with Crippen LogP contribution in [0.3, 0.4) is 0 Å². The highest BCUT2D eigenvalue weighted by Crippen LogP contribution is 2.40. The monoisotopic (exact) mass is 1370 g/mol. The molecule has 28 nitrogen and oxygen atoms in total. The van der Waals surface area contributed by atoms with Gasteiger partial charge in [0, 0.05) is 142 Å². The van der Waals surface area contributed by atoms with Gasteiger partial charge in [-0.3, -0.25) is 24.1 Å². The molecule has 0 aliphatic carbocycles. The number of rotatable bonds is 14. The average molecular weight is 1370 g/mol. The Morgan fingerprint density at radius 1 is 0.520 bits per heavy atom. The zero-order chi connectivity index (χ0) is 72.4. The maximum atomic E-state index is 12.2. The van der Waals surface area contributed by atoms with E-state index in [0.29, 0.717) is 49.8 Å². The second-order valence-electron chi connectivity index (χ2n) is 24.2. The smallest absolute Gasteiger partial charge is 0.322 e. The minimum Gasteiger partial charge on any atom is -0.482 e. The summed E-state index contributed by atoms with van der Waals surface area (Å²) >= 11 is 0. The normalized spacial score (nSPS) is 17.9. The highest BCUT2D eigenvalue weighted by atomic mass is 16.5. The van der Waals surface area contributed by atoms with Gasteiger partial charge in [0.15, 0.2) is 12.7 Å². The maximum Gasteiger partial charge on any atom is 0.322 e. The largest absolute Gasteiger partial charge is 0.482 e. The second-order valence-corrected chi connectivity index (χ2v) is 24.2. The number of nitrogens with zero attached hydrogens (tertiary/aromatic N) is 5. The third kappa shape index (κ3) is 17.4. The van der Waals surface area contributed by atoms with Crippen LogP contribution in [-0.4, -0.2) is 181 Å². The summed E-state index contributed by atoms with van der Waals surface area (Å²) in [7, 11) is 16.3. The number of carbonyl (C=O) groups is 6. The lowest BCUT2D eigenvalue weighted by atomic mass is 9.96. The van der Waals surface area contributed by atoms with E-state index in [1.165, 1.54) is 0 Å². The summed E-state index contributed by atoms with van der Waals surface area (Å²) in [5.74, 6) is 0.671. The molecule has 0 fully saturated rings. The quantitative estimate of drug-likeness (QED) is 0.0497. The number of hydrogen-bond acceptors (Lipinski definition) is 20. The van der Waals surface area contributed by atoms with Crippen LogP contribution in [-0.2, 0) is 38.8 Å². The Labute approximate surface area is 582 Å². The number of urea groups is 2. The molecular weight excluding hydrogens is 1280 g/mol. The van der Waals surface area contributed by atoms with Crippen molar-refractivity contribution in [2.24, 2.45) is 0 Å². The number of fused-ring (bicyclic) bond motifs is 6. The third-order valence-corrected chi connectivity index (χ3v) is 17.6. The molecule has 532 valence electrons. The van der Waals surface area contributed by atoms with Crippen LogP contribution in [0.2, 0.25) is 0 Å². The van der Waals surface area contributed by atoms with Crippen molar-refractivity contribution >= 4 is 115 Å². The summed E-state index contributed by atoms with van der Waals surface area (Å²) < 4.78 is 10.9. The van der Waals surface area contributed by atoms with E-state index in [-0.39, 0.29) is 68.7 Å². The maximum absolute atomic E-state index is 12.2. The van der Waals surface area contributed by atoms with Crippen LogP contribution >= 0.6 is 0 Å². The number of β-amino-alcohol motifs (C(OH)–C–C–N with tert-alkyl or cyclic N) is 1. The minimum atomic E-state index is -0.950. The predicted molar refractivity (Wildman–Crippen MR) is 396 cm³/mol. The molecule has 0 saturated carbocycles. The average Bonchev–Trinajstić information content (AvgIpc) is 0.750. The molecule has 3 atom stereocenters. The fourth-order valence-electron chi connectivity index (χ4n) is 11.1. The molecule has 7 aromatic rings. The van der Waals surface area contributed by atoms with Crippen LogP contribution in [0.15, 0.2) is 140 Å². The van der Waals surface area contributed by atoms with E-state index in [1.54, 1.807) is 47.5 Å². The molecule has 15 N–H and O–H groups in total. The van der Waals surface area contributed by atoms with Crippen molar-refractivity contribution in [2.45, 2.75) is 57.1 Å². The molecule has 13 rings (SSSR count). The topological polar surface area (TPSA) is 350 Å². The third-order valence-electron chi connectivity index (χ3n) is 17.6. The van der Waals surface area contributed by atoms with E-state index in [4.69, 9.17) is 19.7 Å². The Hall–Kier alpha value is -11.2. The molecule has 6 aliphatic rings. The number of hydrogen-bond donors (Lipinski definition) is 15. The summed E-state index contributed by atoms with van der Waals surface area (Å²) in [4.78, 5) is 79.2. The summed E-state index contributed by atoms with van der Waals surface area (Å²) in [6.07, 6.45) is -0.269. The van der Waals surface area contributed by atoms with Crippen molar-refractivity contribution in [3.05, 3.63) is 156 Å². The Balaban J connectivity index is 0.000000153. The minimum absolute atomic E-state index is 0.0336. The van der Waals surface area contributed by atoms with Gasteiger partial charge >= 0.3 is 12.1 Å². The van der Waals surface area contributed by atoms with E-state index in [2.05, 4.69) is 64.6 Å². The van der Waals surface area contributed by atoms with Gasteiger partial charge in [0.2, 0.25) is 0 Å². The van der Waals surface area contributed by atoms with Gasteiger partial charge in [-0.15, -0.1) is 0 Å². The second kappa shape index (κ2) is 33.8. The van der Waals surface area contributed by atoms with Crippen molar-refractivity contribution in [3.8, 4) is 11.5 Å². The first-order valence-electron chi connectivity index (χ1n) is 32.5. The molecule has 6 aliphatic heterocycles. The Bertz CT molecular complexity index is 4050. The van der Waals surface area contributed by atoms with E-state index in [1.807, 2.05) is 188 Å². The molecule has 0 spiro atoms. The van der Waals surface area contributed by atoms with E-state index < -0.39 is 17.2 Å². The zero-order valence-electron chi connectivity index (χ0n) is 58.2. The van der Waals surface area contributed by atoms with Crippen molar-refractivity contribution in [1.82, 2.24) is 10.2 Å². The molecule has 0 aromatic heterocycles. The van der Waals surface area contributed by atoms with Crippen molar-refractivity contribution in [2.75, 3.05) is 176 Å². The fourth-order valence-corrected chi connectivity index (χ4v) is 11.1. The van der Waals surface area contributed by atoms with Crippen LogP contribution in [0.4, 0.5) is 89.2 Å². The molecule has 8 amide bonds. The Morgan fingerprint density at radius 2 is 1.07 bits per heavy atom. The Kier molecular flexibility index (Phi) is 25.2. The standard InChI is InChI=1S/C16H17N3O.C12H17N3O2.C12H16N2O3.C11H15N3O2.C11H14N2O3.C10H13N3O/c1-17-14-8-7-13-11-19(16(20)18-15(13)9-14)10-12-5-3-2-4-6-12;1-12(7-16)11(17)14-9-6-8(13-2)4-5-10(9)15(12)3;1-13-8-3-4-10-9(7-8)14(2)12(16)11(17-10)5-6-15;1-11(6-15)10(16)13-9-5-7(12-2)3-4-8(9)14-11;1-12-8-2-3-10-9(6-8)13(4-5-14)11(15)7-16-10;1-11-8-4-3-7-6-12-10(14)13(2)9(7)5-8/h2-9,17H,10-11H2,1H3,(H,18,20);4-6,13,16H,7H2,1-3H3,(H,14,17);3-4,7,11,13,15H,5-6H2,1-2H3;3-5,12,14-15H,6H2,1-2H3,(H,13,16);2-3,6,12,14H,4-5,7H2,1H3;3-5,11H,6H2,1-2H3,(H,12,14). The first-order valence-corrected chi connectivity index (χ1v) is 32.5. The lowest BCUT2D eigenvalue weighted by Gasteiger charge is -2.42. The molecule has 0 saturated heterocycles. The number of aliphatic hydroxyl groups is 4. The summed E-state index contributed by atoms with van der Waals surface area (Å²) in [5.41, 5.74) is 13.8. The number of nitrogens with one attached hydrogen (secondary N) is 11. The molecule has 28 heteroatoms. The van der Waals surface area contributed by atoms with Crippen LogP contribution in [0.1, 0.15) is 37.0 Å². The van der Waals surface area contributed by atoms with Crippen LogP contribution in [0, 0.1) is 0 Å². The van der Waals surface area contributed by atoms with Crippen LogP contribution < -0.4 is 87.6 Å². The number of ether oxygens (including phenoxy) is 2. The van der Waals surface area contributed by atoms with Gasteiger partial charge in [-0.1, -0.05) is 42.5 Å². The van der Waals surface area contributed by atoms with E-state index in [9.17, 15) is 39.0 Å². The predicted octanol–water partition coefficient (Wildman–Crippen LogP) is 7.66. The Morgan fingerprint density at radius 3 is 1.68 bits per heavy atom. The number of amides is 8. The van der Waals surface area contributed by atoms with Gasteiger partial charge in [0.25, 0.3) is 23.6 Å². The van der Waals surface area contributed by atoms with Gasteiger partial charge < -0.3 is 108 Å². The van der Waals surface area contributed by atoms with Crippen molar-refractivity contribution in [1.29, 1.82) is 0 Å². The van der Waals surface area contributed by atoms with Gasteiger partial charge in [-0.2, -0.15) is 0 Å². The van der Waals surface area contributed by atoms with Crippen LogP contribution in [0.25, 0.3) is 0 Å². The van der Waals surface area contributed by atoms with E-state index in [0.717, 1.165) is 90.6 Å². The van der Waals surface area contributed by atoms with Crippen LogP contribution in [0.5, 0.6) is 11.5 Å². The number of benzene rings is 7. The highest BCUT2D eigenvalue weighted by molar-refractivity contribution is 6.08. The van der Waals surface area contributed by atoms with Gasteiger partial charge in [0.1, 0.15) is 22.6 Å². The van der Waals surface area contributed by atoms with E-state index >= 15 is 0 Å².